The highest BCUT2D eigenvalue weighted by molar-refractivity contribution is 7.98. The Bertz CT molecular complexity index is 358. The van der Waals surface area contributed by atoms with E-state index in [1.165, 1.54) is 42.1 Å². The summed E-state index contributed by atoms with van der Waals surface area (Å²) in [7, 11) is 0. The second kappa shape index (κ2) is 6.92. The third-order valence-corrected chi connectivity index (χ3v) is 4.96. The van der Waals surface area contributed by atoms with E-state index in [1.807, 2.05) is 23.1 Å². The fourth-order valence-corrected chi connectivity index (χ4v) is 3.50. The topological polar surface area (TPSA) is 24.9 Å². The molecule has 1 aliphatic carbocycles. The van der Waals surface area contributed by atoms with Crippen LogP contribution in [0.1, 0.15) is 62.2 Å². The number of aromatic nitrogens is 1. The summed E-state index contributed by atoms with van der Waals surface area (Å²) < 4.78 is 0. The number of nitrogens with one attached hydrogen (secondary N) is 1. The summed E-state index contributed by atoms with van der Waals surface area (Å²) in [5, 5.41) is 7.29. The Balaban J connectivity index is 1.96. The molecule has 0 bridgehead atoms. The molecule has 0 spiro atoms. The fraction of sp³-hybridized carbons (Fsp3) is 0.786. The molecule has 0 aromatic carbocycles. The van der Waals surface area contributed by atoms with E-state index in [4.69, 9.17) is 4.98 Å². The van der Waals surface area contributed by atoms with Gasteiger partial charge in [-0.3, -0.25) is 0 Å². The van der Waals surface area contributed by atoms with E-state index < -0.39 is 0 Å². The van der Waals surface area contributed by atoms with E-state index in [1.54, 1.807) is 0 Å². The molecule has 0 amide bonds. The highest BCUT2D eigenvalue weighted by atomic mass is 32.2. The summed E-state index contributed by atoms with van der Waals surface area (Å²) in [6.45, 7) is 4.44. The van der Waals surface area contributed by atoms with Gasteiger partial charge in [-0.05, 0) is 43.6 Å². The van der Waals surface area contributed by atoms with Crippen molar-refractivity contribution in [3.63, 3.8) is 0 Å². The molecule has 1 aromatic heterocycles. The normalized spacial score (nSPS) is 17.3. The van der Waals surface area contributed by atoms with Gasteiger partial charge in [0.2, 0.25) is 0 Å². The molecule has 1 aromatic rings. The summed E-state index contributed by atoms with van der Waals surface area (Å²) >= 11 is 3.77. The second-order valence-electron chi connectivity index (χ2n) is 5.39. The van der Waals surface area contributed by atoms with Crippen molar-refractivity contribution in [2.24, 2.45) is 0 Å². The number of nitrogens with zero attached hydrogens (tertiary/aromatic N) is 1. The van der Waals surface area contributed by atoms with Crippen LogP contribution >= 0.6 is 23.1 Å². The Labute approximate surface area is 119 Å². The van der Waals surface area contributed by atoms with E-state index in [-0.39, 0.29) is 0 Å². The molecule has 1 fully saturated rings. The SMILES string of the molecule is CSCCCC(NC1CC1)c1nc(C(C)C)cs1. The number of thiazole rings is 1. The van der Waals surface area contributed by atoms with Crippen LogP contribution in [0.25, 0.3) is 0 Å². The van der Waals surface area contributed by atoms with E-state index in [9.17, 15) is 0 Å². The molecule has 1 saturated carbocycles. The lowest BCUT2D eigenvalue weighted by Gasteiger charge is -2.16. The number of rotatable bonds is 8. The Morgan fingerprint density at radius 1 is 1.50 bits per heavy atom. The van der Waals surface area contributed by atoms with Crippen molar-refractivity contribution in [2.75, 3.05) is 12.0 Å². The van der Waals surface area contributed by atoms with Crippen molar-refractivity contribution < 1.29 is 0 Å². The number of thioether (sulfide) groups is 1. The van der Waals surface area contributed by atoms with Crippen LogP contribution in [0.3, 0.4) is 0 Å². The fourth-order valence-electron chi connectivity index (χ4n) is 1.97. The Morgan fingerprint density at radius 2 is 2.28 bits per heavy atom. The van der Waals surface area contributed by atoms with Crippen LogP contribution in [0, 0.1) is 0 Å². The molecule has 102 valence electrons. The van der Waals surface area contributed by atoms with E-state index in [0.717, 1.165) is 6.04 Å². The summed E-state index contributed by atoms with van der Waals surface area (Å²) in [5.74, 6) is 1.80. The van der Waals surface area contributed by atoms with Crippen LogP contribution in [0.5, 0.6) is 0 Å². The Hall–Kier alpha value is -0.0600. The first-order chi connectivity index (χ1) is 8.70. The lowest BCUT2D eigenvalue weighted by molar-refractivity contribution is 0.489. The van der Waals surface area contributed by atoms with Crippen LogP contribution < -0.4 is 5.32 Å². The van der Waals surface area contributed by atoms with Crippen molar-refractivity contribution in [2.45, 2.75) is 57.5 Å². The van der Waals surface area contributed by atoms with Gasteiger partial charge >= 0.3 is 0 Å². The molecule has 4 heteroatoms. The van der Waals surface area contributed by atoms with Crippen molar-refractivity contribution in [1.29, 1.82) is 0 Å². The molecule has 1 heterocycles. The molecule has 1 atom stereocenters. The van der Waals surface area contributed by atoms with E-state index >= 15 is 0 Å². The van der Waals surface area contributed by atoms with Gasteiger partial charge < -0.3 is 5.32 Å². The van der Waals surface area contributed by atoms with Gasteiger partial charge in [-0.2, -0.15) is 11.8 Å². The Kier molecular flexibility index (Phi) is 5.52. The smallest absolute Gasteiger partial charge is 0.110 e. The summed E-state index contributed by atoms with van der Waals surface area (Å²) in [6.07, 6.45) is 7.39. The average Bonchev–Trinajstić information content (AvgIpc) is 3.02. The highest BCUT2D eigenvalue weighted by Crippen LogP contribution is 2.30. The molecule has 0 radical (unpaired) electrons. The minimum atomic E-state index is 0.488. The van der Waals surface area contributed by atoms with Crippen molar-refractivity contribution >= 4 is 23.1 Å². The maximum Gasteiger partial charge on any atom is 0.110 e. The van der Waals surface area contributed by atoms with Crippen LogP contribution in [0.15, 0.2) is 5.38 Å². The predicted molar refractivity (Wildman–Crippen MR) is 82.7 cm³/mol. The molecule has 0 saturated heterocycles. The van der Waals surface area contributed by atoms with Gasteiger partial charge in [-0.1, -0.05) is 13.8 Å². The van der Waals surface area contributed by atoms with E-state index in [0.29, 0.717) is 12.0 Å². The van der Waals surface area contributed by atoms with Crippen molar-refractivity contribution in [1.82, 2.24) is 10.3 Å². The van der Waals surface area contributed by atoms with Crippen molar-refractivity contribution in [3.05, 3.63) is 16.1 Å². The first-order valence-electron chi connectivity index (χ1n) is 6.91. The monoisotopic (exact) mass is 284 g/mol. The third kappa shape index (κ3) is 4.25. The first-order valence-corrected chi connectivity index (χ1v) is 9.18. The summed E-state index contributed by atoms with van der Waals surface area (Å²) in [5.41, 5.74) is 1.25. The number of hydrogen-bond donors (Lipinski definition) is 1. The zero-order chi connectivity index (χ0) is 13.0. The van der Waals surface area contributed by atoms with Crippen LogP contribution in [0.4, 0.5) is 0 Å². The van der Waals surface area contributed by atoms with Crippen LogP contribution in [0.2, 0.25) is 0 Å². The summed E-state index contributed by atoms with van der Waals surface area (Å²) in [6, 6.07) is 1.25. The lowest BCUT2D eigenvalue weighted by atomic mass is 10.1. The average molecular weight is 284 g/mol. The van der Waals surface area contributed by atoms with Gasteiger partial charge in [-0.15, -0.1) is 11.3 Å². The van der Waals surface area contributed by atoms with Crippen molar-refractivity contribution in [3.8, 4) is 0 Å². The van der Waals surface area contributed by atoms with Gasteiger partial charge in [0.25, 0.3) is 0 Å². The summed E-state index contributed by atoms with van der Waals surface area (Å²) in [4.78, 5) is 4.82. The zero-order valence-corrected chi connectivity index (χ0v) is 13.2. The molecule has 0 aliphatic heterocycles. The maximum atomic E-state index is 4.82. The second-order valence-corrected chi connectivity index (χ2v) is 7.27. The maximum absolute atomic E-state index is 4.82. The minimum Gasteiger partial charge on any atom is -0.305 e. The molecule has 1 aliphatic rings. The molecular weight excluding hydrogens is 260 g/mol. The van der Waals surface area contributed by atoms with Crippen LogP contribution in [-0.4, -0.2) is 23.0 Å². The van der Waals surface area contributed by atoms with Crippen LogP contribution in [-0.2, 0) is 0 Å². The molecule has 1 N–H and O–H groups in total. The highest BCUT2D eigenvalue weighted by Gasteiger charge is 2.26. The molecule has 2 rings (SSSR count). The largest absolute Gasteiger partial charge is 0.305 e. The quantitative estimate of drug-likeness (QED) is 0.724. The van der Waals surface area contributed by atoms with Gasteiger partial charge in [0, 0.05) is 11.4 Å². The Morgan fingerprint density at radius 3 is 2.83 bits per heavy atom. The zero-order valence-electron chi connectivity index (χ0n) is 11.6. The minimum absolute atomic E-state index is 0.488. The molecule has 18 heavy (non-hydrogen) atoms. The van der Waals surface area contributed by atoms with Gasteiger partial charge in [0.05, 0.1) is 11.7 Å². The first kappa shape index (κ1) is 14.4. The molecule has 2 nitrogen and oxygen atoms in total. The van der Waals surface area contributed by atoms with Gasteiger partial charge in [0.15, 0.2) is 0 Å². The third-order valence-electron chi connectivity index (χ3n) is 3.28. The van der Waals surface area contributed by atoms with Gasteiger partial charge in [-0.25, -0.2) is 4.98 Å². The predicted octanol–water partition coefficient (Wildman–Crippen LogP) is 4.20. The molecule has 1 unspecified atom stereocenters. The molecular formula is C14H24N2S2. The standard InChI is InChI=1S/C14H24N2S2/c1-10(2)13-9-18-14(16-13)12(5-4-8-17-3)15-11-6-7-11/h9-12,15H,4-8H2,1-3H3. The lowest BCUT2D eigenvalue weighted by Crippen LogP contribution is -2.23. The van der Waals surface area contributed by atoms with E-state index in [2.05, 4.69) is 30.8 Å². The number of hydrogen-bond acceptors (Lipinski definition) is 4. The van der Waals surface area contributed by atoms with Gasteiger partial charge in [0.1, 0.15) is 5.01 Å².